The zero-order valence-electron chi connectivity index (χ0n) is 19.7. The maximum Gasteiger partial charge on any atom is 0.307 e. The van der Waals surface area contributed by atoms with Crippen LogP contribution in [-0.2, 0) is 14.3 Å². The van der Waals surface area contributed by atoms with Crippen LogP contribution in [0.2, 0.25) is 0 Å². The lowest BCUT2D eigenvalue weighted by Crippen LogP contribution is -2.21. The van der Waals surface area contributed by atoms with Crippen molar-refractivity contribution in [2.24, 2.45) is 0 Å². The maximum absolute atomic E-state index is 12.1. The Labute approximate surface area is 185 Å². The Morgan fingerprint density at radius 3 is 1.83 bits per heavy atom. The van der Waals surface area contributed by atoms with Crippen LogP contribution in [0.1, 0.15) is 135 Å². The summed E-state index contributed by atoms with van der Waals surface area (Å²) in [5.74, 6) is -1.12. The summed E-state index contributed by atoms with van der Waals surface area (Å²) in [5, 5.41) is 9.09. The van der Waals surface area contributed by atoms with Crippen LogP contribution in [0.25, 0.3) is 0 Å². The number of esters is 1. The van der Waals surface area contributed by atoms with Crippen molar-refractivity contribution in [2.75, 3.05) is 0 Å². The predicted molar refractivity (Wildman–Crippen MR) is 126 cm³/mol. The largest absolute Gasteiger partial charge is 0.481 e. The van der Waals surface area contributed by atoms with Gasteiger partial charge in [-0.3, -0.25) is 9.59 Å². The molecular formula is C26H48O4. The molecule has 30 heavy (non-hydrogen) atoms. The van der Waals surface area contributed by atoms with Gasteiger partial charge in [0.2, 0.25) is 0 Å². The summed E-state index contributed by atoms with van der Waals surface area (Å²) in [6, 6.07) is 0. The van der Waals surface area contributed by atoms with E-state index in [-0.39, 0.29) is 12.4 Å². The van der Waals surface area contributed by atoms with Gasteiger partial charge in [0.05, 0.1) is 6.42 Å². The van der Waals surface area contributed by atoms with Crippen molar-refractivity contribution in [2.45, 2.75) is 141 Å². The number of aliphatic carboxylic acids is 1. The van der Waals surface area contributed by atoms with Crippen molar-refractivity contribution in [3.05, 3.63) is 12.7 Å². The van der Waals surface area contributed by atoms with Gasteiger partial charge in [-0.15, -0.1) is 6.58 Å². The van der Waals surface area contributed by atoms with Crippen molar-refractivity contribution in [3.63, 3.8) is 0 Å². The number of allylic oxidation sites excluding steroid dienone is 1. The molecule has 0 saturated heterocycles. The summed E-state index contributed by atoms with van der Waals surface area (Å²) in [6.45, 7) is 5.96. The molecule has 0 amide bonds. The van der Waals surface area contributed by atoms with Gasteiger partial charge in [0, 0.05) is 6.42 Å². The van der Waals surface area contributed by atoms with Crippen molar-refractivity contribution >= 4 is 11.9 Å². The van der Waals surface area contributed by atoms with E-state index in [1.807, 2.05) is 6.08 Å². The van der Waals surface area contributed by atoms with Crippen LogP contribution in [0.4, 0.5) is 0 Å². The Bertz CT molecular complexity index is 419. The Kier molecular flexibility index (Phi) is 21.4. The summed E-state index contributed by atoms with van der Waals surface area (Å²) >= 11 is 0. The van der Waals surface area contributed by atoms with Gasteiger partial charge in [-0.1, -0.05) is 96.5 Å². The van der Waals surface area contributed by atoms with Crippen LogP contribution in [0, 0.1) is 0 Å². The van der Waals surface area contributed by atoms with Gasteiger partial charge in [-0.2, -0.15) is 0 Å². The lowest BCUT2D eigenvalue weighted by Gasteiger charge is -2.16. The van der Waals surface area contributed by atoms with Gasteiger partial charge in [0.1, 0.15) is 6.10 Å². The van der Waals surface area contributed by atoms with Crippen molar-refractivity contribution in [1.29, 1.82) is 0 Å². The molecule has 0 spiro atoms. The summed E-state index contributed by atoms with van der Waals surface area (Å²) in [6.07, 6.45) is 22.6. The van der Waals surface area contributed by atoms with Gasteiger partial charge < -0.3 is 9.84 Å². The number of ether oxygens (including phenoxy) is 1. The second kappa shape index (κ2) is 22.4. The van der Waals surface area contributed by atoms with Crippen LogP contribution in [-0.4, -0.2) is 23.1 Å². The van der Waals surface area contributed by atoms with E-state index in [2.05, 4.69) is 13.5 Å². The van der Waals surface area contributed by atoms with Crippen molar-refractivity contribution < 1.29 is 19.4 Å². The number of carboxylic acids is 1. The zero-order valence-corrected chi connectivity index (χ0v) is 19.7. The number of carbonyl (C=O) groups is 2. The molecule has 0 bridgehead atoms. The molecule has 1 N–H and O–H groups in total. The Morgan fingerprint density at radius 2 is 1.30 bits per heavy atom. The highest BCUT2D eigenvalue weighted by atomic mass is 16.5. The molecule has 0 rings (SSSR count). The van der Waals surface area contributed by atoms with Gasteiger partial charge in [0.15, 0.2) is 0 Å². The first-order valence-corrected chi connectivity index (χ1v) is 12.6. The van der Waals surface area contributed by atoms with Crippen molar-refractivity contribution in [3.8, 4) is 0 Å². The fraction of sp³-hybridized carbons (Fsp3) is 0.846. The predicted octanol–water partition coefficient (Wildman–Crippen LogP) is 7.99. The standard InChI is InChI=1S/C26H48O4/c1-3-5-7-9-11-13-14-16-18-20-22-26(29)30-24(23-25(27)28)21-19-17-15-12-10-8-6-4-2/h3,24H,1,4-23H2,2H3,(H,27,28). The van der Waals surface area contributed by atoms with Gasteiger partial charge in [0.25, 0.3) is 0 Å². The third-order valence-electron chi connectivity index (χ3n) is 5.62. The lowest BCUT2D eigenvalue weighted by molar-refractivity contribution is -0.153. The first kappa shape index (κ1) is 28.7. The average Bonchev–Trinajstić information content (AvgIpc) is 2.70. The first-order valence-electron chi connectivity index (χ1n) is 12.6. The summed E-state index contributed by atoms with van der Waals surface area (Å²) in [4.78, 5) is 23.2. The fourth-order valence-electron chi connectivity index (χ4n) is 3.77. The monoisotopic (exact) mass is 424 g/mol. The highest BCUT2D eigenvalue weighted by Gasteiger charge is 2.17. The molecule has 0 radical (unpaired) electrons. The molecular weight excluding hydrogens is 376 g/mol. The number of hydrogen-bond donors (Lipinski definition) is 1. The van der Waals surface area contributed by atoms with Crippen LogP contribution in [0.15, 0.2) is 12.7 Å². The summed E-state index contributed by atoms with van der Waals surface area (Å²) in [7, 11) is 0. The normalized spacial score (nSPS) is 11.9. The molecule has 0 aliphatic rings. The molecule has 1 unspecified atom stereocenters. The van der Waals surface area contributed by atoms with E-state index in [0.29, 0.717) is 12.8 Å². The van der Waals surface area contributed by atoms with Crippen LogP contribution >= 0.6 is 0 Å². The Balaban J connectivity index is 3.75. The second-order valence-corrected chi connectivity index (χ2v) is 8.63. The molecule has 4 nitrogen and oxygen atoms in total. The molecule has 0 aromatic rings. The van der Waals surface area contributed by atoms with Gasteiger partial charge in [-0.25, -0.2) is 0 Å². The molecule has 4 heteroatoms. The average molecular weight is 425 g/mol. The SMILES string of the molecule is C=CCCCCCCCCCCC(=O)OC(CCCCCCCCCC)CC(=O)O. The van der Waals surface area contributed by atoms with Crippen LogP contribution in [0.3, 0.4) is 0 Å². The second-order valence-electron chi connectivity index (χ2n) is 8.63. The molecule has 0 heterocycles. The minimum atomic E-state index is -0.888. The van der Waals surface area contributed by atoms with E-state index in [0.717, 1.165) is 38.5 Å². The molecule has 0 aliphatic heterocycles. The quantitative estimate of drug-likeness (QED) is 0.102. The lowest BCUT2D eigenvalue weighted by atomic mass is 10.0. The number of carbonyl (C=O) groups excluding carboxylic acids is 1. The van der Waals surface area contributed by atoms with E-state index < -0.39 is 12.1 Å². The third-order valence-corrected chi connectivity index (χ3v) is 5.62. The van der Waals surface area contributed by atoms with Crippen molar-refractivity contribution in [1.82, 2.24) is 0 Å². The molecule has 176 valence electrons. The van der Waals surface area contributed by atoms with E-state index in [1.54, 1.807) is 0 Å². The third kappa shape index (κ3) is 21.4. The Morgan fingerprint density at radius 1 is 0.800 bits per heavy atom. The van der Waals surface area contributed by atoms with Crippen LogP contribution < -0.4 is 0 Å². The minimum absolute atomic E-state index is 0.0753. The number of carboxylic acid groups (broad SMARTS) is 1. The molecule has 1 atom stereocenters. The molecule has 0 aromatic heterocycles. The molecule has 0 aliphatic carbocycles. The number of unbranched alkanes of at least 4 members (excludes halogenated alkanes) is 15. The van der Waals surface area contributed by atoms with E-state index in [1.165, 1.54) is 70.6 Å². The van der Waals surface area contributed by atoms with Crippen LogP contribution in [0.5, 0.6) is 0 Å². The first-order chi connectivity index (χ1) is 14.6. The topological polar surface area (TPSA) is 63.6 Å². The summed E-state index contributed by atoms with van der Waals surface area (Å²) in [5.41, 5.74) is 0. The molecule has 0 fully saturated rings. The number of rotatable bonds is 23. The minimum Gasteiger partial charge on any atom is -0.481 e. The maximum atomic E-state index is 12.1. The van der Waals surface area contributed by atoms with Gasteiger partial charge in [-0.05, 0) is 32.1 Å². The van der Waals surface area contributed by atoms with E-state index in [4.69, 9.17) is 9.84 Å². The fourth-order valence-corrected chi connectivity index (χ4v) is 3.77. The number of hydrogen-bond acceptors (Lipinski definition) is 3. The van der Waals surface area contributed by atoms with E-state index >= 15 is 0 Å². The molecule has 0 aromatic carbocycles. The summed E-state index contributed by atoms with van der Waals surface area (Å²) < 4.78 is 5.48. The van der Waals surface area contributed by atoms with E-state index in [9.17, 15) is 9.59 Å². The zero-order chi connectivity index (χ0) is 22.3. The highest BCUT2D eigenvalue weighted by molar-refractivity contribution is 5.71. The smallest absolute Gasteiger partial charge is 0.307 e. The van der Waals surface area contributed by atoms with Gasteiger partial charge >= 0.3 is 11.9 Å². The highest BCUT2D eigenvalue weighted by Crippen LogP contribution is 2.16. The Hall–Kier alpha value is -1.32. The molecule has 0 saturated carbocycles.